The van der Waals surface area contributed by atoms with Crippen molar-refractivity contribution in [3.8, 4) is 5.75 Å². The number of anilines is 1. The molecule has 0 radical (unpaired) electrons. The summed E-state index contributed by atoms with van der Waals surface area (Å²) in [6.07, 6.45) is 0.967. The Bertz CT molecular complexity index is 811. The van der Waals surface area contributed by atoms with Crippen molar-refractivity contribution in [2.24, 2.45) is 0 Å². The monoisotopic (exact) mass is 438 g/mol. The fourth-order valence-electron chi connectivity index (χ4n) is 4.10. The SMILES string of the molecule is CCN(CC)Cc1ccc(C(=O)NCCCN2CCN(c3ccc(OC)cc3)CC2)cc1. The predicted molar refractivity (Wildman–Crippen MR) is 132 cm³/mol. The predicted octanol–water partition coefficient (Wildman–Crippen LogP) is 3.48. The zero-order chi connectivity index (χ0) is 22.8. The van der Waals surface area contributed by atoms with E-state index in [-0.39, 0.29) is 5.91 Å². The van der Waals surface area contributed by atoms with Gasteiger partial charge in [-0.05, 0) is 68.0 Å². The van der Waals surface area contributed by atoms with Crippen LogP contribution in [0.25, 0.3) is 0 Å². The molecule has 3 rings (SSSR count). The first-order chi connectivity index (χ1) is 15.6. The van der Waals surface area contributed by atoms with Gasteiger partial charge in [-0.1, -0.05) is 26.0 Å². The van der Waals surface area contributed by atoms with Crippen molar-refractivity contribution in [3.63, 3.8) is 0 Å². The van der Waals surface area contributed by atoms with E-state index in [0.29, 0.717) is 6.54 Å². The van der Waals surface area contributed by atoms with Crippen LogP contribution in [0.15, 0.2) is 48.5 Å². The summed E-state index contributed by atoms with van der Waals surface area (Å²) in [4.78, 5) is 19.7. The third-order valence-corrected chi connectivity index (χ3v) is 6.26. The van der Waals surface area contributed by atoms with Crippen LogP contribution in [-0.4, -0.2) is 75.2 Å². The van der Waals surface area contributed by atoms with Crippen LogP contribution in [0.2, 0.25) is 0 Å². The number of methoxy groups -OCH3 is 1. The second-order valence-corrected chi connectivity index (χ2v) is 8.29. The van der Waals surface area contributed by atoms with Gasteiger partial charge < -0.3 is 15.0 Å². The molecule has 0 aromatic heterocycles. The molecule has 0 atom stereocenters. The number of ether oxygens (including phenoxy) is 1. The highest BCUT2D eigenvalue weighted by molar-refractivity contribution is 5.94. The van der Waals surface area contributed by atoms with Crippen molar-refractivity contribution in [2.75, 3.05) is 64.4 Å². The van der Waals surface area contributed by atoms with Gasteiger partial charge in [0, 0.05) is 50.5 Å². The lowest BCUT2D eigenvalue weighted by Gasteiger charge is -2.36. The highest BCUT2D eigenvalue weighted by Gasteiger charge is 2.17. The summed E-state index contributed by atoms with van der Waals surface area (Å²) < 4.78 is 5.24. The summed E-state index contributed by atoms with van der Waals surface area (Å²) in [5, 5.41) is 3.07. The van der Waals surface area contributed by atoms with Gasteiger partial charge in [-0.25, -0.2) is 0 Å². The van der Waals surface area contributed by atoms with Gasteiger partial charge in [-0.15, -0.1) is 0 Å². The van der Waals surface area contributed by atoms with Gasteiger partial charge in [0.05, 0.1) is 7.11 Å². The first kappa shape index (κ1) is 24.1. The lowest BCUT2D eigenvalue weighted by molar-refractivity contribution is 0.0951. The first-order valence-corrected chi connectivity index (χ1v) is 11.8. The lowest BCUT2D eigenvalue weighted by Crippen LogP contribution is -2.47. The average molecular weight is 439 g/mol. The Balaban J connectivity index is 1.33. The summed E-state index contributed by atoms with van der Waals surface area (Å²) in [5.74, 6) is 0.911. The minimum atomic E-state index is 0.0173. The van der Waals surface area contributed by atoms with Gasteiger partial charge in [-0.2, -0.15) is 0 Å². The minimum Gasteiger partial charge on any atom is -0.497 e. The fourth-order valence-corrected chi connectivity index (χ4v) is 4.10. The quantitative estimate of drug-likeness (QED) is 0.545. The number of hydrogen-bond acceptors (Lipinski definition) is 5. The second-order valence-electron chi connectivity index (χ2n) is 8.29. The Morgan fingerprint density at radius 3 is 2.22 bits per heavy atom. The molecule has 1 saturated heterocycles. The van der Waals surface area contributed by atoms with Crippen molar-refractivity contribution in [1.29, 1.82) is 0 Å². The third-order valence-electron chi connectivity index (χ3n) is 6.26. The van der Waals surface area contributed by atoms with Crippen molar-refractivity contribution >= 4 is 11.6 Å². The van der Waals surface area contributed by atoms with Gasteiger partial charge in [-0.3, -0.25) is 14.6 Å². The lowest BCUT2D eigenvalue weighted by atomic mass is 10.1. The fraction of sp³-hybridized carbons (Fsp3) is 0.500. The van der Waals surface area contributed by atoms with E-state index < -0.39 is 0 Å². The van der Waals surface area contributed by atoms with Crippen LogP contribution in [0, 0.1) is 0 Å². The van der Waals surface area contributed by atoms with Crippen LogP contribution in [0.3, 0.4) is 0 Å². The number of nitrogens with one attached hydrogen (secondary N) is 1. The molecule has 2 aromatic carbocycles. The third kappa shape index (κ3) is 6.97. The van der Waals surface area contributed by atoms with E-state index in [0.717, 1.165) is 70.1 Å². The molecule has 6 heteroatoms. The molecule has 0 spiro atoms. The van der Waals surface area contributed by atoms with Crippen molar-refractivity contribution < 1.29 is 9.53 Å². The number of amides is 1. The van der Waals surface area contributed by atoms with E-state index in [9.17, 15) is 4.79 Å². The van der Waals surface area contributed by atoms with Crippen molar-refractivity contribution in [2.45, 2.75) is 26.8 Å². The van der Waals surface area contributed by atoms with Crippen LogP contribution in [0.1, 0.15) is 36.2 Å². The standard InChI is InChI=1S/C26H38N4O2/c1-4-28(5-2)21-22-7-9-23(10-8-22)26(31)27-15-6-16-29-17-19-30(20-18-29)24-11-13-25(32-3)14-12-24/h7-14H,4-6,15-21H2,1-3H3,(H,27,31). The number of nitrogens with zero attached hydrogens (tertiary/aromatic N) is 3. The molecule has 1 N–H and O–H groups in total. The largest absolute Gasteiger partial charge is 0.497 e. The summed E-state index contributed by atoms with van der Waals surface area (Å²) in [6, 6.07) is 16.3. The molecule has 0 unspecified atom stereocenters. The van der Waals surface area contributed by atoms with E-state index in [2.05, 4.69) is 58.1 Å². The van der Waals surface area contributed by atoms with Crippen LogP contribution >= 0.6 is 0 Å². The Kier molecular flexibility index (Phi) is 9.38. The van der Waals surface area contributed by atoms with E-state index in [1.165, 1.54) is 11.3 Å². The number of piperazine rings is 1. The van der Waals surface area contributed by atoms with E-state index in [1.807, 2.05) is 24.3 Å². The summed E-state index contributed by atoms with van der Waals surface area (Å²) in [5.41, 5.74) is 3.24. The maximum Gasteiger partial charge on any atom is 0.251 e. The number of carbonyl (C=O) groups is 1. The van der Waals surface area contributed by atoms with Gasteiger partial charge in [0.15, 0.2) is 0 Å². The van der Waals surface area contributed by atoms with Gasteiger partial charge in [0.25, 0.3) is 5.91 Å². The number of rotatable bonds is 11. The summed E-state index contributed by atoms with van der Waals surface area (Å²) in [6.45, 7) is 13.2. The molecule has 174 valence electrons. The van der Waals surface area contributed by atoms with E-state index in [4.69, 9.17) is 4.74 Å². The van der Waals surface area contributed by atoms with Crippen LogP contribution in [0.5, 0.6) is 5.75 Å². The highest BCUT2D eigenvalue weighted by atomic mass is 16.5. The first-order valence-electron chi connectivity index (χ1n) is 11.8. The van der Waals surface area contributed by atoms with Crippen LogP contribution < -0.4 is 15.0 Å². The maximum atomic E-state index is 12.4. The molecule has 2 aromatic rings. The van der Waals surface area contributed by atoms with E-state index in [1.54, 1.807) is 7.11 Å². The average Bonchev–Trinajstić information content (AvgIpc) is 2.86. The zero-order valence-corrected chi connectivity index (χ0v) is 19.8. The molecule has 1 aliphatic rings. The van der Waals surface area contributed by atoms with Crippen LogP contribution in [-0.2, 0) is 6.54 Å². The highest BCUT2D eigenvalue weighted by Crippen LogP contribution is 2.20. The molecule has 0 aliphatic carbocycles. The molecule has 6 nitrogen and oxygen atoms in total. The minimum absolute atomic E-state index is 0.0173. The smallest absolute Gasteiger partial charge is 0.251 e. The Hall–Kier alpha value is -2.57. The molecule has 32 heavy (non-hydrogen) atoms. The summed E-state index contributed by atoms with van der Waals surface area (Å²) >= 11 is 0. The summed E-state index contributed by atoms with van der Waals surface area (Å²) in [7, 11) is 1.69. The molecule has 0 saturated carbocycles. The molecule has 0 bridgehead atoms. The molecule has 1 amide bonds. The zero-order valence-electron chi connectivity index (χ0n) is 19.8. The van der Waals surface area contributed by atoms with Crippen LogP contribution in [0.4, 0.5) is 5.69 Å². The topological polar surface area (TPSA) is 48.1 Å². The number of benzene rings is 2. The Labute approximate surface area is 193 Å². The maximum absolute atomic E-state index is 12.4. The Morgan fingerprint density at radius 2 is 1.62 bits per heavy atom. The normalized spacial score (nSPS) is 14.6. The molecule has 1 aliphatic heterocycles. The van der Waals surface area contributed by atoms with Gasteiger partial charge in [0.1, 0.15) is 5.75 Å². The number of carbonyl (C=O) groups excluding carboxylic acids is 1. The van der Waals surface area contributed by atoms with Gasteiger partial charge >= 0.3 is 0 Å². The second kappa shape index (κ2) is 12.5. The molecular formula is C26H38N4O2. The molecule has 1 heterocycles. The van der Waals surface area contributed by atoms with Crippen molar-refractivity contribution in [3.05, 3.63) is 59.7 Å². The van der Waals surface area contributed by atoms with Crippen molar-refractivity contribution in [1.82, 2.24) is 15.1 Å². The van der Waals surface area contributed by atoms with E-state index >= 15 is 0 Å². The molecular weight excluding hydrogens is 400 g/mol. The molecule has 1 fully saturated rings. The Morgan fingerprint density at radius 1 is 0.969 bits per heavy atom. The van der Waals surface area contributed by atoms with Gasteiger partial charge in [0.2, 0.25) is 0 Å². The number of hydrogen-bond donors (Lipinski definition) is 1.